The van der Waals surface area contributed by atoms with Crippen molar-refractivity contribution < 1.29 is 14.3 Å². The zero-order valence-corrected chi connectivity index (χ0v) is 9.11. The summed E-state index contributed by atoms with van der Waals surface area (Å²) < 4.78 is 4.57. The molecule has 4 nitrogen and oxygen atoms in total. The third kappa shape index (κ3) is 2.09. The lowest BCUT2D eigenvalue weighted by molar-refractivity contribution is 0.0600. The van der Waals surface area contributed by atoms with Gasteiger partial charge < -0.3 is 4.74 Å². The summed E-state index contributed by atoms with van der Waals surface area (Å²) >= 11 is 0. The smallest absolute Gasteiger partial charge is 0.339 e. The number of hydrogen-bond acceptors (Lipinski definition) is 4. The largest absolute Gasteiger partial charge is 0.465 e. The molecule has 0 spiro atoms. The van der Waals surface area contributed by atoms with Crippen LogP contribution >= 0.6 is 0 Å². The van der Waals surface area contributed by atoms with E-state index in [9.17, 15) is 9.59 Å². The second kappa shape index (κ2) is 5.08. The highest BCUT2D eigenvalue weighted by molar-refractivity contribution is 5.94. The minimum Gasteiger partial charge on any atom is -0.465 e. The summed E-state index contributed by atoms with van der Waals surface area (Å²) in [7, 11) is 1.25. The molecule has 1 aromatic rings. The lowest BCUT2D eigenvalue weighted by Gasteiger charge is -2.07. The maximum atomic E-state index is 11.4. The molecule has 0 saturated carbocycles. The molecule has 0 aromatic heterocycles. The summed E-state index contributed by atoms with van der Waals surface area (Å²) in [5.41, 5.74) is 1.53. The van der Waals surface area contributed by atoms with Crippen molar-refractivity contribution in [3.05, 3.63) is 34.4 Å². The fourth-order valence-electron chi connectivity index (χ4n) is 1.45. The van der Waals surface area contributed by atoms with E-state index in [0.29, 0.717) is 18.3 Å². The van der Waals surface area contributed by atoms with E-state index >= 15 is 0 Å². The zero-order chi connectivity index (χ0) is 12.1. The summed E-state index contributed by atoms with van der Waals surface area (Å²) in [5.74, 6) is -0.566. The number of aryl methyl sites for hydroxylation is 1. The number of aldehydes is 1. The van der Waals surface area contributed by atoms with Gasteiger partial charge in [-0.1, -0.05) is 6.92 Å². The van der Waals surface area contributed by atoms with Crippen molar-refractivity contribution in [1.29, 1.82) is 5.26 Å². The van der Waals surface area contributed by atoms with E-state index in [2.05, 4.69) is 4.74 Å². The van der Waals surface area contributed by atoms with Gasteiger partial charge in [0, 0.05) is 5.56 Å². The van der Waals surface area contributed by atoms with Crippen molar-refractivity contribution in [2.45, 2.75) is 13.3 Å². The van der Waals surface area contributed by atoms with Crippen LogP contribution in [0.5, 0.6) is 0 Å². The minimum absolute atomic E-state index is 0.158. The van der Waals surface area contributed by atoms with Crippen LogP contribution in [0.1, 0.15) is 38.8 Å². The van der Waals surface area contributed by atoms with Crippen molar-refractivity contribution in [3.8, 4) is 6.07 Å². The first-order chi connectivity index (χ1) is 7.67. The lowest BCUT2D eigenvalue weighted by Crippen LogP contribution is -2.07. The Morgan fingerprint density at radius 1 is 1.56 bits per heavy atom. The molecule has 4 heteroatoms. The Morgan fingerprint density at radius 2 is 2.25 bits per heavy atom. The Hall–Kier alpha value is -2.15. The molecule has 0 heterocycles. The van der Waals surface area contributed by atoms with Gasteiger partial charge in [-0.25, -0.2) is 4.79 Å². The number of benzene rings is 1. The first kappa shape index (κ1) is 11.9. The van der Waals surface area contributed by atoms with Gasteiger partial charge >= 0.3 is 5.97 Å². The van der Waals surface area contributed by atoms with Crippen LogP contribution in [0.3, 0.4) is 0 Å². The third-order valence-electron chi connectivity index (χ3n) is 2.31. The van der Waals surface area contributed by atoms with Crippen molar-refractivity contribution in [3.63, 3.8) is 0 Å². The number of hydrogen-bond donors (Lipinski definition) is 0. The van der Waals surface area contributed by atoms with Crippen molar-refractivity contribution >= 4 is 12.3 Å². The zero-order valence-electron chi connectivity index (χ0n) is 9.11. The molecular weight excluding hydrogens is 206 g/mol. The first-order valence-corrected chi connectivity index (χ1v) is 4.78. The van der Waals surface area contributed by atoms with Crippen LogP contribution in [-0.4, -0.2) is 19.4 Å². The number of carbonyl (C=O) groups is 2. The van der Waals surface area contributed by atoms with Gasteiger partial charge in [-0.3, -0.25) is 4.79 Å². The van der Waals surface area contributed by atoms with Crippen LogP contribution in [0.15, 0.2) is 12.1 Å². The molecule has 0 aliphatic carbocycles. The van der Waals surface area contributed by atoms with Gasteiger partial charge in [-0.2, -0.15) is 5.26 Å². The summed E-state index contributed by atoms with van der Waals surface area (Å²) in [6.45, 7) is 1.87. The lowest BCUT2D eigenvalue weighted by atomic mass is 9.98. The maximum absolute atomic E-state index is 11.4. The quantitative estimate of drug-likeness (QED) is 0.571. The maximum Gasteiger partial charge on any atom is 0.339 e. The Bertz CT molecular complexity index is 472. The highest BCUT2D eigenvalue weighted by Gasteiger charge is 2.15. The number of ether oxygens (including phenoxy) is 1. The van der Waals surface area contributed by atoms with Crippen LogP contribution in [0.25, 0.3) is 0 Å². The van der Waals surface area contributed by atoms with Crippen LogP contribution in [0, 0.1) is 11.3 Å². The average molecular weight is 217 g/mol. The summed E-state index contributed by atoms with van der Waals surface area (Å²) in [6.07, 6.45) is 1.30. The van der Waals surface area contributed by atoms with Gasteiger partial charge in [0.1, 0.15) is 12.4 Å². The van der Waals surface area contributed by atoms with E-state index in [1.807, 2.05) is 13.0 Å². The molecule has 16 heavy (non-hydrogen) atoms. The fraction of sp³-hybridized carbons (Fsp3) is 0.250. The standard InChI is InChI=1S/C12H11NO3/c1-3-8-5-11(12(15)16-2)9(6-13)4-10(8)7-14/h4-5,7H,3H2,1-2H3. The first-order valence-electron chi connectivity index (χ1n) is 4.78. The van der Waals surface area contributed by atoms with E-state index in [1.165, 1.54) is 19.2 Å². The highest BCUT2D eigenvalue weighted by Crippen LogP contribution is 2.17. The molecule has 0 fully saturated rings. The van der Waals surface area contributed by atoms with Gasteiger partial charge in [0.2, 0.25) is 0 Å². The molecule has 0 unspecified atom stereocenters. The second-order valence-electron chi connectivity index (χ2n) is 3.17. The van der Waals surface area contributed by atoms with Gasteiger partial charge in [0.05, 0.1) is 18.2 Å². The monoisotopic (exact) mass is 217 g/mol. The summed E-state index contributed by atoms with van der Waals surface area (Å²) in [5, 5.41) is 8.87. The molecule has 0 bridgehead atoms. The van der Waals surface area contributed by atoms with E-state index in [-0.39, 0.29) is 11.1 Å². The van der Waals surface area contributed by atoms with Crippen LogP contribution < -0.4 is 0 Å². The topological polar surface area (TPSA) is 67.2 Å². The number of carbonyl (C=O) groups excluding carboxylic acids is 2. The van der Waals surface area contributed by atoms with Gasteiger partial charge in [0.25, 0.3) is 0 Å². The second-order valence-corrected chi connectivity index (χ2v) is 3.17. The SMILES string of the molecule is CCc1cc(C(=O)OC)c(C#N)cc1C=O. The number of nitrogens with zero attached hydrogens (tertiary/aromatic N) is 1. The molecule has 1 aromatic carbocycles. The molecule has 0 radical (unpaired) electrons. The summed E-state index contributed by atoms with van der Waals surface area (Å²) in [4.78, 5) is 22.2. The highest BCUT2D eigenvalue weighted by atomic mass is 16.5. The molecule has 0 amide bonds. The predicted molar refractivity (Wildman–Crippen MR) is 57.3 cm³/mol. The normalized spacial score (nSPS) is 9.31. The number of nitriles is 1. The molecule has 0 N–H and O–H groups in total. The molecule has 0 aliphatic heterocycles. The van der Waals surface area contributed by atoms with Crippen LogP contribution in [-0.2, 0) is 11.2 Å². The van der Waals surface area contributed by atoms with Crippen LogP contribution in [0.2, 0.25) is 0 Å². The van der Waals surface area contributed by atoms with Crippen molar-refractivity contribution in [1.82, 2.24) is 0 Å². The Kier molecular flexibility index (Phi) is 3.78. The van der Waals surface area contributed by atoms with Crippen molar-refractivity contribution in [2.24, 2.45) is 0 Å². The molecule has 82 valence electrons. The molecule has 0 saturated heterocycles. The van der Waals surface area contributed by atoms with E-state index in [0.717, 1.165) is 5.56 Å². The Morgan fingerprint density at radius 3 is 2.69 bits per heavy atom. The predicted octanol–water partition coefficient (Wildman–Crippen LogP) is 1.72. The van der Waals surface area contributed by atoms with Gasteiger partial charge in [-0.15, -0.1) is 0 Å². The molecule has 1 rings (SSSR count). The minimum atomic E-state index is -0.566. The molecular formula is C12H11NO3. The molecule has 0 atom stereocenters. The van der Waals surface area contributed by atoms with Crippen LogP contribution in [0.4, 0.5) is 0 Å². The Balaban J connectivity index is 3.44. The van der Waals surface area contributed by atoms with E-state index < -0.39 is 5.97 Å². The third-order valence-corrected chi connectivity index (χ3v) is 2.31. The van der Waals surface area contributed by atoms with Gasteiger partial charge in [-0.05, 0) is 24.1 Å². The van der Waals surface area contributed by atoms with Gasteiger partial charge in [0.15, 0.2) is 0 Å². The Labute approximate surface area is 93.5 Å². The summed E-state index contributed by atoms with van der Waals surface area (Å²) in [6, 6.07) is 4.83. The van der Waals surface area contributed by atoms with E-state index in [1.54, 1.807) is 0 Å². The number of methoxy groups -OCH3 is 1. The van der Waals surface area contributed by atoms with E-state index in [4.69, 9.17) is 5.26 Å². The fourth-order valence-corrected chi connectivity index (χ4v) is 1.45. The average Bonchev–Trinajstić information content (AvgIpc) is 2.35. The van der Waals surface area contributed by atoms with Crippen molar-refractivity contribution in [2.75, 3.05) is 7.11 Å². The number of esters is 1. The number of rotatable bonds is 3. The molecule has 0 aliphatic rings.